The van der Waals surface area contributed by atoms with Crippen LogP contribution < -0.4 is 0 Å². The van der Waals surface area contributed by atoms with E-state index in [0.717, 1.165) is 0 Å². The summed E-state index contributed by atoms with van der Waals surface area (Å²) in [6.45, 7) is 2.22. The summed E-state index contributed by atoms with van der Waals surface area (Å²) in [5, 5.41) is 19.9. The maximum absolute atomic E-state index is 12.3. The van der Waals surface area contributed by atoms with Crippen molar-refractivity contribution >= 4 is 33.5 Å². The Bertz CT molecular complexity index is 648. The quantitative estimate of drug-likeness (QED) is 0.646. The Morgan fingerprint density at radius 3 is 2.68 bits per heavy atom. The van der Waals surface area contributed by atoms with Crippen molar-refractivity contribution in [2.75, 3.05) is 13.1 Å². The van der Waals surface area contributed by atoms with Crippen molar-refractivity contribution in [2.45, 2.75) is 19.8 Å². The van der Waals surface area contributed by atoms with Crippen molar-refractivity contribution in [1.82, 2.24) is 4.90 Å². The van der Waals surface area contributed by atoms with Gasteiger partial charge in [-0.3, -0.25) is 19.7 Å². The van der Waals surface area contributed by atoms with Crippen LogP contribution in [0.3, 0.4) is 0 Å². The Hall–Kier alpha value is -1.96. The number of hydrogen-bond donors (Lipinski definition) is 1. The monoisotopic (exact) mass is 370 g/mol. The van der Waals surface area contributed by atoms with Gasteiger partial charge in [0.15, 0.2) is 0 Å². The molecular weight excluding hydrogens is 356 g/mol. The molecule has 1 unspecified atom stereocenters. The number of halogens is 1. The molecule has 118 valence electrons. The van der Waals surface area contributed by atoms with Gasteiger partial charge in [0.05, 0.1) is 16.8 Å². The summed E-state index contributed by atoms with van der Waals surface area (Å²) in [5.74, 6) is -1.08. The number of non-ortho nitro benzene ring substituents is 1. The van der Waals surface area contributed by atoms with E-state index in [1.165, 1.54) is 23.1 Å². The number of aliphatic carboxylic acids is 1. The molecule has 0 aromatic heterocycles. The summed E-state index contributed by atoms with van der Waals surface area (Å²) in [5.41, 5.74) is -0.315. The predicted octanol–water partition coefficient (Wildman–Crippen LogP) is 2.22. The molecule has 0 aliphatic carbocycles. The van der Waals surface area contributed by atoms with Crippen LogP contribution in [0.2, 0.25) is 0 Å². The van der Waals surface area contributed by atoms with Crippen LogP contribution in [0.4, 0.5) is 5.69 Å². The van der Waals surface area contributed by atoms with Crippen molar-refractivity contribution < 1.29 is 19.6 Å². The van der Waals surface area contributed by atoms with Gasteiger partial charge in [0, 0.05) is 29.7 Å². The molecule has 22 heavy (non-hydrogen) atoms. The molecule has 1 aromatic carbocycles. The van der Waals surface area contributed by atoms with Crippen molar-refractivity contribution in [1.29, 1.82) is 0 Å². The largest absolute Gasteiger partial charge is 0.481 e. The number of nitro groups is 1. The number of benzene rings is 1. The Kier molecular flexibility index (Phi) is 4.50. The lowest BCUT2D eigenvalue weighted by Crippen LogP contribution is -2.35. The van der Waals surface area contributed by atoms with E-state index in [1.54, 1.807) is 6.92 Å². The van der Waals surface area contributed by atoms with E-state index < -0.39 is 16.3 Å². The molecule has 1 saturated heterocycles. The number of carbonyl (C=O) groups is 2. The molecule has 8 heteroatoms. The van der Waals surface area contributed by atoms with Crippen LogP contribution in [-0.2, 0) is 16.0 Å². The minimum atomic E-state index is -0.903. The molecule has 1 N–H and O–H groups in total. The molecule has 0 bridgehead atoms. The average molecular weight is 371 g/mol. The van der Waals surface area contributed by atoms with Gasteiger partial charge in [0.2, 0.25) is 5.91 Å². The highest BCUT2D eigenvalue weighted by Crippen LogP contribution is 2.31. The van der Waals surface area contributed by atoms with Crippen LogP contribution in [-0.4, -0.2) is 39.9 Å². The maximum Gasteiger partial charge on any atom is 0.311 e. The minimum Gasteiger partial charge on any atom is -0.481 e. The number of rotatable bonds is 4. The molecule has 1 aliphatic heterocycles. The number of nitro benzene ring substituents is 1. The molecule has 1 aromatic rings. The van der Waals surface area contributed by atoms with Crippen LogP contribution in [0.1, 0.15) is 18.9 Å². The molecule has 2 rings (SSSR count). The predicted molar refractivity (Wildman–Crippen MR) is 81.4 cm³/mol. The van der Waals surface area contributed by atoms with Crippen LogP contribution in [0.15, 0.2) is 22.7 Å². The Labute approximate surface area is 135 Å². The zero-order valence-corrected chi connectivity index (χ0v) is 13.5. The Morgan fingerprint density at radius 2 is 2.18 bits per heavy atom. The molecule has 0 spiro atoms. The second-order valence-electron chi connectivity index (χ2n) is 5.64. The van der Waals surface area contributed by atoms with Gasteiger partial charge in [0.1, 0.15) is 0 Å². The van der Waals surface area contributed by atoms with Gasteiger partial charge in [-0.25, -0.2) is 0 Å². The smallest absolute Gasteiger partial charge is 0.311 e. The lowest BCUT2D eigenvalue weighted by Gasteiger charge is -2.20. The van der Waals surface area contributed by atoms with Gasteiger partial charge >= 0.3 is 5.97 Å². The fourth-order valence-corrected chi connectivity index (χ4v) is 2.92. The summed E-state index contributed by atoms with van der Waals surface area (Å²) in [6.07, 6.45) is 0.504. The average Bonchev–Trinajstić information content (AvgIpc) is 2.85. The van der Waals surface area contributed by atoms with E-state index in [4.69, 9.17) is 0 Å². The van der Waals surface area contributed by atoms with Gasteiger partial charge in [-0.05, 0) is 18.9 Å². The van der Waals surface area contributed by atoms with E-state index in [9.17, 15) is 24.8 Å². The molecule has 1 heterocycles. The lowest BCUT2D eigenvalue weighted by atomic mass is 9.90. The van der Waals surface area contributed by atoms with Crippen molar-refractivity contribution in [3.8, 4) is 0 Å². The highest BCUT2D eigenvalue weighted by atomic mass is 79.9. The summed E-state index contributed by atoms with van der Waals surface area (Å²) < 4.78 is 0.496. The topological polar surface area (TPSA) is 101 Å². The third-order valence-corrected chi connectivity index (χ3v) is 4.67. The number of hydrogen-bond acceptors (Lipinski definition) is 4. The number of likely N-dealkylation sites (tertiary alicyclic amines) is 1. The van der Waals surface area contributed by atoms with Crippen molar-refractivity contribution in [3.05, 3.63) is 38.3 Å². The molecule has 0 saturated carbocycles. The number of amides is 1. The summed E-state index contributed by atoms with van der Waals surface area (Å²) >= 11 is 3.23. The number of nitrogens with zero attached hydrogens (tertiary/aromatic N) is 2. The van der Waals surface area contributed by atoms with Crippen molar-refractivity contribution in [2.24, 2.45) is 5.41 Å². The lowest BCUT2D eigenvalue weighted by molar-refractivity contribution is -0.384. The highest BCUT2D eigenvalue weighted by Gasteiger charge is 2.42. The third kappa shape index (κ3) is 3.27. The van der Waals surface area contributed by atoms with Gasteiger partial charge in [0.25, 0.3) is 5.69 Å². The SMILES string of the molecule is CC1(C(=O)O)CCN(C(=O)Cc2ccc([N+](=O)[O-])cc2Br)C1. The van der Waals surface area contributed by atoms with Gasteiger partial charge in [-0.2, -0.15) is 0 Å². The molecule has 7 nitrogen and oxygen atoms in total. The highest BCUT2D eigenvalue weighted by molar-refractivity contribution is 9.10. The number of carboxylic acid groups (broad SMARTS) is 1. The molecule has 1 amide bonds. The van der Waals surface area contributed by atoms with E-state index >= 15 is 0 Å². The summed E-state index contributed by atoms with van der Waals surface area (Å²) in [4.78, 5) is 35.2. The zero-order chi connectivity index (χ0) is 16.5. The van der Waals surface area contributed by atoms with E-state index in [-0.39, 0.29) is 24.6 Å². The van der Waals surface area contributed by atoms with Crippen LogP contribution in [0.5, 0.6) is 0 Å². The number of carboxylic acids is 1. The maximum atomic E-state index is 12.3. The Morgan fingerprint density at radius 1 is 1.50 bits per heavy atom. The minimum absolute atomic E-state index is 0.0531. The summed E-state index contributed by atoms with van der Waals surface area (Å²) in [7, 11) is 0. The zero-order valence-electron chi connectivity index (χ0n) is 11.9. The molecule has 1 aliphatic rings. The van der Waals surface area contributed by atoms with Gasteiger partial charge in [-0.15, -0.1) is 0 Å². The second kappa shape index (κ2) is 6.04. The third-order valence-electron chi connectivity index (χ3n) is 3.93. The van der Waals surface area contributed by atoms with Crippen LogP contribution in [0.25, 0.3) is 0 Å². The summed E-state index contributed by atoms with van der Waals surface area (Å²) in [6, 6.07) is 4.24. The fraction of sp³-hybridized carbons (Fsp3) is 0.429. The first kappa shape index (κ1) is 16.4. The van der Waals surface area contributed by atoms with E-state index in [1.807, 2.05) is 0 Å². The number of carbonyl (C=O) groups excluding carboxylic acids is 1. The Balaban J connectivity index is 2.07. The van der Waals surface area contributed by atoms with Gasteiger partial charge < -0.3 is 10.0 Å². The first-order valence-electron chi connectivity index (χ1n) is 6.67. The van der Waals surface area contributed by atoms with Crippen LogP contribution in [0, 0.1) is 15.5 Å². The van der Waals surface area contributed by atoms with Gasteiger partial charge in [-0.1, -0.05) is 22.0 Å². The first-order chi connectivity index (χ1) is 10.2. The van der Waals surface area contributed by atoms with Crippen molar-refractivity contribution in [3.63, 3.8) is 0 Å². The standard InChI is InChI=1S/C14H15BrN2O5/c1-14(13(19)20)4-5-16(8-14)12(18)6-9-2-3-10(17(21)22)7-11(9)15/h2-3,7H,4-6,8H2,1H3,(H,19,20). The molecular formula is C14H15BrN2O5. The molecule has 1 atom stereocenters. The fourth-order valence-electron chi connectivity index (χ4n) is 2.42. The second-order valence-corrected chi connectivity index (χ2v) is 6.50. The molecule has 1 fully saturated rings. The molecule has 0 radical (unpaired) electrons. The normalized spacial score (nSPS) is 20.9. The van der Waals surface area contributed by atoms with Crippen LogP contribution >= 0.6 is 15.9 Å². The van der Waals surface area contributed by atoms with E-state index in [0.29, 0.717) is 23.0 Å². The first-order valence-corrected chi connectivity index (χ1v) is 7.46. The van der Waals surface area contributed by atoms with E-state index in [2.05, 4.69) is 15.9 Å².